The molecule has 4 aliphatic rings. The van der Waals surface area contributed by atoms with Crippen molar-refractivity contribution in [3.05, 3.63) is 35.7 Å². The maximum absolute atomic E-state index is 13.1. The molecule has 12 atom stereocenters. The first-order valence-corrected chi connectivity index (χ1v) is 13.4. The van der Waals surface area contributed by atoms with E-state index in [1.807, 2.05) is 26.8 Å². The van der Waals surface area contributed by atoms with Crippen molar-refractivity contribution < 1.29 is 38.7 Å². The lowest BCUT2D eigenvalue weighted by molar-refractivity contribution is -0.173. The molecule has 1 aromatic heterocycles. The van der Waals surface area contributed by atoms with E-state index < -0.39 is 48.1 Å². The zero-order chi connectivity index (χ0) is 26.6. The lowest BCUT2D eigenvalue weighted by atomic mass is 9.55. The minimum atomic E-state index is -0.876. The number of hydrogen-bond acceptors (Lipinski definition) is 8. The molecule has 1 unspecified atom stereocenters. The van der Waals surface area contributed by atoms with E-state index in [4.69, 9.17) is 18.9 Å². The van der Waals surface area contributed by atoms with Gasteiger partial charge in [0.15, 0.2) is 6.10 Å². The number of carbonyl (C=O) groups excluding carboxylic acids is 2. The second kappa shape index (κ2) is 9.84. The van der Waals surface area contributed by atoms with E-state index in [0.29, 0.717) is 12.1 Å². The van der Waals surface area contributed by atoms with Crippen LogP contribution in [0, 0.1) is 29.6 Å². The molecule has 0 radical (unpaired) electrons. The van der Waals surface area contributed by atoms with Crippen LogP contribution in [-0.2, 0) is 23.7 Å². The van der Waals surface area contributed by atoms with Crippen LogP contribution in [-0.4, -0.2) is 76.5 Å². The van der Waals surface area contributed by atoms with Crippen LogP contribution in [0.4, 0.5) is 0 Å². The third-order valence-electron chi connectivity index (χ3n) is 9.40. The topological polar surface area (TPSA) is 127 Å². The molecule has 204 valence electrons. The average molecular weight is 518 g/mol. The molecule has 3 heterocycles. The molecule has 4 bridgehead atoms. The number of aromatic nitrogens is 1. The van der Waals surface area contributed by atoms with Crippen LogP contribution in [0.3, 0.4) is 0 Å². The number of H-pyrrole nitrogens is 1. The molecule has 9 heteroatoms. The van der Waals surface area contributed by atoms with Gasteiger partial charge < -0.3 is 34.1 Å². The number of aliphatic hydroxyl groups is 2. The summed E-state index contributed by atoms with van der Waals surface area (Å²) >= 11 is 0. The van der Waals surface area contributed by atoms with Crippen molar-refractivity contribution in [2.75, 3.05) is 7.11 Å². The van der Waals surface area contributed by atoms with Gasteiger partial charge in [0.25, 0.3) is 0 Å². The number of aromatic amines is 1. The fraction of sp³-hybridized carbons (Fsp3) is 0.714. The Bertz CT molecular complexity index is 1040. The van der Waals surface area contributed by atoms with Crippen LogP contribution in [0.1, 0.15) is 57.4 Å². The normalized spacial score (nSPS) is 45.7. The van der Waals surface area contributed by atoms with E-state index in [9.17, 15) is 19.8 Å². The van der Waals surface area contributed by atoms with Crippen molar-refractivity contribution in [2.45, 2.75) is 89.2 Å². The van der Waals surface area contributed by atoms with E-state index in [2.05, 4.69) is 4.98 Å². The Hall–Kier alpha value is -2.20. The van der Waals surface area contributed by atoms with Gasteiger partial charge in [0, 0.05) is 31.1 Å². The summed E-state index contributed by atoms with van der Waals surface area (Å²) in [5, 5.41) is 22.1. The largest absolute Gasteiger partial charge is 0.457 e. The Morgan fingerprint density at radius 1 is 1.30 bits per heavy atom. The van der Waals surface area contributed by atoms with Crippen LogP contribution >= 0.6 is 0 Å². The molecule has 2 saturated carbocycles. The van der Waals surface area contributed by atoms with Crippen molar-refractivity contribution in [1.82, 2.24) is 4.98 Å². The number of cyclic esters (lactones) is 1. The van der Waals surface area contributed by atoms with E-state index in [-0.39, 0.29) is 35.7 Å². The lowest BCUT2D eigenvalue weighted by Gasteiger charge is -2.51. The van der Waals surface area contributed by atoms with Gasteiger partial charge in [0.1, 0.15) is 17.9 Å². The molecule has 2 aliphatic carbocycles. The van der Waals surface area contributed by atoms with Crippen molar-refractivity contribution in [2.24, 2.45) is 29.6 Å². The Labute approximate surface area is 217 Å². The van der Waals surface area contributed by atoms with Gasteiger partial charge in [-0.1, -0.05) is 19.9 Å². The summed E-state index contributed by atoms with van der Waals surface area (Å²) in [4.78, 5) is 28.9. The smallest absolute Gasteiger partial charge is 0.355 e. The minimum absolute atomic E-state index is 0.00555. The van der Waals surface area contributed by atoms with Crippen molar-refractivity contribution in [1.29, 1.82) is 0 Å². The van der Waals surface area contributed by atoms with Gasteiger partial charge in [-0.3, -0.25) is 0 Å². The van der Waals surface area contributed by atoms with Gasteiger partial charge in [-0.2, -0.15) is 0 Å². The number of carbonyl (C=O) groups is 2. The lowest BCUT2D eigenvalue weighted by Crippen LogP contribution is -2.58. The maximum Gasteiger partial charge on any atom is 0.355 e. The van der Waals surface area contributed by atoms with Gasteiger partial charge >= 0.3 is 11.9 Å². The molecular weight excluding hydrogens is 478 g/mol. The first-order valence-electron chi connectivity index (χ1n) is 13.4. The summed E-state index contributed by atoms with van der Waals surface area (Å²) in [7, 11) is 1.49. The van der Waals surface area contributed by atoms with Crippen LogP contribution in [0.25, 0.3) is 0 Å². The molecular formula is C28H39NO8. The third kappa shape index (κ3) is 4.15. The zero-order valence-corrected chi connectivity index (χ0v) is 22.1. The number of hydrogen-bond donors (Lipinski definition) is 3. The van der Waals surface area contributed by atoms with Gasteiger partial charge in [-0.05, 0) is 62.7 Å². The number of aliphatic hydroxyl groups excluding tert-OH is 2. The highest BCUT2D eigenvalue weighted by molar-refractivity contribution is 5.87. The SMILES string of the molecule is CO[C@H]1C[C@H]2CC[C@H]3[C@H]4O[C@]2(/C(C)=C/[C@@H](C)[C@@H](C(C)O)OC1=O)[C@@H]3[C@H](O)[C@@H](C)[C@H]4OC(=O)c1ccc[nH]1. The molecule has 1 saturated heterocycles. The van der Waals surface area contributed by atoms with Crippen LogP contribution in [0.5, 0.6) is 0 Å². The molecule has 3 N–H and O–H groups in total. The molecule has 1 aromatic rings. The minimum Gasteiger partial charge on any atom is -0.457 e. The predicted molar refractivity (Wildman–Crippen MR) is 132 cm³/mol. The van der Waals surface area contributed by atoms with Crippen LogP contribution in [0.15, 0.2) is 30.0 Å². The summed E-state index contributed by atoms with van der Waals surface area (Å²) < 4.78 is 24.3. The predicted octanol–water partition coefficient (Wildman–Crippen LogP) is 2.62. The number of nitrogens with one attached hydrogen (secondary N) is 1. The van der Waals surface area contributed by atoms with Gasteiger partial charge in [-0.25, -0.2) is 9.59 Å². The van der Waals surface area contributed by atoms with E-state index in [1.54, 1.807) is 25.3 Å². The molecule has 0 amide bonds. The second-order valence-electron chi connectivity index (χ2n) is 11.5. The highest BCUT2D eigenvalue weighted by Crippen LogP contribution is 2.63. The summed E-state index contributed by atoms with van der Waals surface area (Å²) in [6.45, 7) is 7.43. The molecule has 5 rings (SSSR count). The first kappa shape index (κ1) is 26.4. The highest BCUT2D eigenvalue weighted by Gasteiger charge is 2.70. The Kier molecular flexibility index (Phi) is 7.02. The zero-order valence-electron chi connectivity index (χ0n) is 22.1. The average Bonchev–Trinajstić information content (AvgIpc) is 3.46. The first-order chi connectivity index (χ1) is 17.6. The van der Waals surface area contributed by atoms with Gasteiger partial charge in [-0.15, -0.1) is 0 Å². The monoisotopic (exact) mass is 517 g/mol. The number of rotatable bonds is 4. The number of ether oxygens (including phenoxy) is 4. The second-order valence-corrected chi connectivity index (χ2v) is 11.5. The molecule has 0 aromatic carbocycles. The summed E-state index contributed by atoms with van der Waals surface area (Å²) in [5.74, 6) is -1.92. The Morgan fingerprint density at radius 3 is 2.70 bits per heavy atom. The van der Waals surface area contributed by atoms with E-state index in [0.717, 1.165) is 18.4 Å². The number of methoxy groups -OCH3 is 1. The van der Waals surface area contributed by atoms with Crippen LogP contribution < -0.4 is 0 Å². The quantitative estimate of drug-likeness (QED) is 0.411. The Morgan fingerprint density at radius 2 is 2.05 bits per heavy atom. The molecule has 37 heavy (non-hydrogen) atoms. The molecule has 3 fully saturated rings. The molecule has 1 spiro atoms. The summed E-state index contributed by atoms with van der Waals surface area (Å²) in [6.07, 6.45) is 1.42. The van der Waals surface area contributed by atoms with Gasteiger partial charge in [0.05, 0.1) is 23.9 Å². The van der Waals surface area contributed by atoms with Gasteiger partial charge in [0.2, 0.25) is 0 Å². The molecule has 2 aliphatic heterocycles. The molecule has 9 nitrogen and oxygen atoms in total. The number of esters is 2. The Balaban J connectivity index is 1.56. The van der Waals surface area contributed by atoms with Crippen molar-refractivity contribution >= 4 is 11.9 Å². The summed E-state index contributed by atoms with van der Waals surface area (Å²) in [5.41, 5.74) is 0.457. The van der Waals surface area contributed by atoms with Crippen molar-refractivity contribution in [3.63, 3.8) is 0 Å². The highest BCUT2D eigenvalue weighted by atomic mass is 16.6. The standard InChI is InChI=1S/C28H39NO8/c1-13-11-14(2)28-17(12-20(34-5)27(33)35-23(13)16(4)30)8-9-18-21(28)22(31)15(3)24(25(18)37-28)36-26(32)19-7-6-10-29-19/h6-7,10-11,13,15-18,20-25,29-31H,8-9,12H2,1-5H3/b14-11+/t13-,15-,16?,17-,18-,20+,21+,22-,23+,24-,25-,28+/m1/s1. The van der Waals surface area contributed by atoms with E-state index in [1.165, 1.54) is 7.11 Å². The van der Waals surface area contributed by atoms with E-state index >= 15 is 0 Å². The van der Waals surface area contributed by atoms with Crippen LogP contribution in [0.2, 0.25) is 0 Å². The third-order valence-corrected chi connectivity index (χ3v) is 9.40. The fourth-order valence-electron chi connectivity index (χ4n) is 7.68. The maximum atomic E-state index is 13.1. The van der Waals surface area contributed by atoms with Crippen molar-refractivity contribution in [3.8, 4) is 0 Å². The fourth-order valence-corrected chi connectivity index (χ4v) is 7.68. The summed E-state index contributed by atoms with van der Waals surface area (Å²) in [6, 6.07) is 3.40.